The predicted molar refractivity (Wildman–Crippen MR) is 142 cm³/mol. The zero-order valence-electron chi connectivity index (χ0n) is 20.9. The Balaban J connectivity index is 1.52. The number of rotatable bonds is 9. The number of piperidine rings is 1. The molecule has 8 nitrogen and oxygen atoms in total. The van der Waals surface area contributed by atoms with E-state index in [4.69, 9.17) is 0 Å². The van der Waals surface area contributed by atoms with Crippen LogP contribution in [0.15, 0.2) is 48.5 Å². The van der Waals surface area contributed by atoms with Crippen molar-refractivity contribution < 1.29 is 14.5 Å². The number of carbonyl (C=O) groups excluding carboxylic acids is 2. The maximum absolute atomic E-state index is 13.5. The van der Waals surface area contributed by atoms with E-state index >= 15 is 0 Å². The van der Waals surface area contributed by atoms with E-state index in [0.29, 0.717) is 43.5 Å². The summed E-state index contributed by atoms with van der Waals surface area (Å²) >= 11 is 1.69. The number of nitrogens with zero attached hydrogens (tertiary/aromatic N) is 3. The van der Waals surface area contributed by atoms with Gasteiger partial charge in [0.2, 0.25) is 5.91 Å². The Morgan fingerprint density at radius 2 is 1.86 bits per heavy atom. The summed E-state index contributed by atoms with van der Waals surface area (Å²) in [6, 6.07) is 14.1. The summed E-state index contributed by atoms with van der Waals surface area (Å²) in [5, 5.41) is 15.2. The Morgan fingerprint density at radius 3 is 2.50 bits per heavy atom. The van der Waals surface area contributed by atoms with Crippen molar-refractivity contribution in [3.05, 3.63) is 75.3 Å². The van der Waals surface area contributed by atoms with Crippen molar-refractivity contribution in [1.29, 1.82) is 0 Å². The van der Waals surface area contributed by atoms with Crippen LogP contribution < -0.4 is 5.32 Å². The minimum absolute atomic E-state index is 0.00130. The van der Waals surface area contributed by atoms with Crippen LogP contribution in [0.2, 0.25) is 0 Å². The normalized spacial score (nSPS) is 19.2. The highest BCUT2D eigenvalue weighted by atomic mass is 32.2. The Morgan fingerprint density at radius 1 is 1.17 bits per heavy atom. The van der Waals surface area contributed by atoms with Gasteiger partial charge in [-0.3, -0.25) is 25.0 Å². The van der Waals surface area contributed by atoms with Crippen LogP contribution in [-0.4, -0.2) is 63.3 Å². The van der Waals surface area contributed by atoms with Crippen LogP contribution >= 0.6 is 11.8 Å². The minimum Gasteiger partial charge on any atom is -0.338 e. The molecule has 1 N–H and O–H groups in total. The molecule has 2 fully saturated rings. The molecule has 2 heterocycles. The molecule has 0 radical (unpaired) electrons. The molecule has 4 rings (SSSR count). The molecule has 1 unspecified atom stereocenters. The van der Waals surface area contributed by atoms with Crippen molar-refractivity contribution >= 4 is 29.3 Å². The molecule has 2 aliphatic heterocycles. The van der Waals surface area contributed by atoms with Gasteiger partial charge in [-0.15, -0.1) is 0 Å². The second kappa shape index (κ2) is 11.4. The van der Waals surface area contributed by atoms with Crippen LogP contribution in [0, 0.1) is 10.1 Å². The molecule has 36 heavy (non-hydrogen) atoms. The quantitative estimate of drug-likeness (QED) is 0.401. The lowest BCUT2D eigenvalue weighted by Gasteiger charge is -2.44. The first-order valence-corrected chi connectivity index (χ1v) is 14.0. The van der Waals surface area contributed by atoms with E-state index < -0.39 is 10.6 Å². The summed E-state index contributed by atoms with van der Waals surface area (Å²) in [4.78, 5) is 41.5. The van der Waals surface area contributed by atoms with Crippen LogP contribution in [0.5, 0.6) is 0 Å². The van der Waals surface area contributed by atoms with Crippen LogP contribution in [-0.2, 0) is 17.8 Å². The van der Waals surface area contributed by atoms with E-state index in [-0.39, 0.29) is 30.1 Å². The Bertz CT molecular complexity index is 1100. The summed E-state index contributed by atoms with van der Waals surface area (Å²) in [5.74, 6) is 0.826. The summed E-state index contributed by atoms with van der Waals surface area (Å²) in [6.45, 7) is 3.33. The highest BCUT2D eigenvalue weighted by Crippen LogP contribution is 2.36. The SMILES string of the molecule is CCCc1ccc(C(=O)N2CCC3(CC2)NC(CCSC)C(=O)N3Cc2ccccc2[N+](=O)[O-])cc1. The van der Waals surface area contributed by atoms with Crippen molar-refractivity contribution in [1.82, 2.24) is 15.1 Å². The van der Waals surface area contributed by atoms with Crippen LogP contribution in [0.25, 0.3) is 0 Å². The van der Waals surface area contributed by atoms with E-state index in [1.54, 1.807) is 34.9 Å². The van der Waals surface area contributed by atoms with E-state index in [1.807, 2.05) is 35.4 Å². The van der Waals surface area contributed by atoms with Crippen LogP contribution in [0.1, 0.15) is 54.1 Å². The topological polar surface area (TPSA) is 95.8 Å². The fraction of sp³-hybridized carbons (Fsp3) is 0.481. The third-order valence-corrected chi connectivity index (χ3v) is 7.91. The lowest BCUT2D eigenvalue weighted by atomic mass is 9.94. The van der Waals surface area contributed by atoms with Crippen molar-refractivity contribution in [2.75, 3.05) is 25.1 Å². The average Bonchev–Trinajstić information content (AvgIpc) is 3.13. The number of nitrogens with one attached hydrogen (secondary N) is 1. The largest absolute Gasteiger partial charge is 0.338 e. The van der Waals surface area contributed by atoms with Gasteiger partial charge in [0, 0.05) is 43.1 Å². The molecule has 0 aliphatic carbocycles. The first-order valence-electron chi connectivity index (χ1n) is 12.6. The Labute approximate surface area is 216 Å². The van der Waals surface area contributed by atoms with Crippen molar-refractivity contribution in [2.24, 2.45) is 0 Å². The van der Waals surface area contributed by atoms with Gasteiger partial charge < -0.3 is 9.80 Å². The number of para-hydroxylation sites is 1. The molecular formula is C27H34N4O4S. The molecule has 2 saturated heterocycles. The maximum Gasteiger partial charge on any atom is 0.274 e. The number of aryl methyl sites for hydroxylation is 1. The molecule has 0 saturated carbocycles. The monoisotopic (exact) mass is 510 g/mol. The van der Waals surface area contributed by atoms with E-state index in [9.17, 15) is 19.7 Å². The van der Waals surface area contributed by atoms with Crippen molar-refractivity contribution in [2.45, 2.75) is 57.3 Å². The number of hydrogen-bond acceptors (Lipinski definition) is 6. The van der Waals surface area contributed by atoms with Gasteiger partial charge in [0.15, 0.2) is 0 Å². The van der Waals surface area contributed by atoms with Gasteiger partial charge in [-0.2, -0.15) is 11.8 Å². The Hall–Kier alpha value is -2.91. The Kier molecular flexibility index (Phi) is 8.31. The van der Waals surface area contributed by atoms with E-state index in [1.165, 1.54) is 11.6 Å². The molecule has 1 spiro atoms. The summed E-state index contributed by atoms with van der Waals surface area (Å²) in [7, 11) is 0. The second-order valence-corrected chi connectivity index (χ2v) is 10.5. The molecule has 2 amide bonds. The molecule has 2 aromatic rings. The number of thioether (sulfide) groups is 1. The van der Waals surface area contributed by atoms with Gasteiger partial charge in [-0.05, 0) is 42.5 Å². The number of hydrogen-bond donors (Lipinski definition) is 1. The number of likely N-dealkylation sites (tertiary alicyclic amines) is 1. The van der Waals surface area contributed by atoms with Gasteiger partial charge in [0.05, 0.1) is 23.2 Å². The molecule has 1 atom stereocenters. The molecule has 192 valence electrons. The first kappa shape index (κ1) is 26.2. The van der Waals surface area contributed by atoms with Gasteiger partial charge in [0.1, 0.15) is 0 Å². The molecule has 0 aromatic heterocycles. The van der Waals surface area contributed by atoms with E-state index in [2.05, 4.69) is 12.2 Å². The van der Waals surface area contributed by atoms with Gasteiger partial charge in [-0.1, -0.05) is 43.7 Å². The smallest absolute Gasteiger partial charge is 0.274 e. The van der Waals surface area contributed by atoms with Crippen LogP contribution in [0.3, 0.4) is 0 Å². The highest BCUT2D eigenvalue weighted by molar-refractivity contribution is 7.98. The third-order valence-electron chi connectivity index (χ3n) is 7.27. The van der Waals surface area contributed by atoms with Crippen molar-refractivity contribution in [3.8, 4) is 0 Å². The van der Waals surface area contributed by atoms with Crippen molar-refractivity contribution in [3.63, 3.8) is 0 Å². The summed E-state index contributed by atoms with van der Waals surface area (Å²) < 4.78 is 0. The van der Waals surface area contributed by atoms with Crippen LogP contribution in [0.4, 0.5) is 5.69 Å². The zero-order valence-corrected chi connectivity index (χ0v) is 21.8. The number of nitro groups is 1. The lowest BCUT2D eigenvalue weighted by molar-refractivity contribution is -0.385. The third kappa shape index (κ3) is 5.42. The number of carbonyl (C=O) groups is 2. The number of amides is 2. The number of benzene rings is 2. The van der Waals surface area contributed by atoms with E-state index in [0.717, 1.165) is 18.6 Å². The van der Waals surface area contributed by atoms with Gasteiger partial charge in [0.25, 0.3) is 11.6 Å². The standard InChI is InChI=1S/C27H34N4O4S/c1-3-6-20-9-11-21(12-10-20)25(32)29-16-14-27(15-17-29)28-23(13-18-36-2)26(33)30(27)19-22-7-4-5-8-24(22)31(34)35/h4-5,7-12,23,28H,3,6,13-19H2,1-2H3. The average molecular weight is 511 g/mol. The maximum atomic E-state index is 13.5. The molecule has 0 bridgehead atoms. The molecule has 9 heteroatoms. The van der Waals surface area contributed by atoms with Gasteiger partial charge in [-0.25, -0.2) is 0 Å². The summed E-state index contributed by atoms with van der Waals surface area (Å²) in [6.07, 6.45) is 5.92. The molecular weight excluding hydrogens is 476 g/mol. The minimum atomic E-state index is -0.619. The summed E-state index contributed by atoms with van der Waals surface area (Å²) in [5.41, 5.74) is 1.82. The molecule has 2 aliphatic rings. The fourth-order valence-electron chi connectivity index (χ4n) is 5.30. The highest BCUT2D eigenvalue weighted by Gasteiger charge is 2.51. The predicted octanol–water partition coefficient (Wildman–Crippen LogP) is 4.23. The number of nitro benzene ring substituents is 1. The zero-order chi connectivity index (χ0) is 25.7. The van der Waals surface area contributed by atoms with Gasteiger partial charge >= 0.3 is 0 Å². The fourth-order valence-corrected chi connectivity index (χ4v) is 5.77. The molecule has 2 aromatic carbocycles. The first-order chi connectivity index (χ1) is 17.4. The second-order valence-electron chi connectivity index (χ2n) is 9.56. The lowest BCUT2D eigenvalue weighted by Crippen LogP contribution is -2.59.